The predicted molar refractivity (Wildman–Crippen MR) is 66.1 cm³/mol. The molecule has 0 atom stereocenters. The lowest BCUT2D eigenvalue weighted by atomic mass is 10.0. The van der Waals surface area contributed by atoms with E-state index in [1.54, 1.807) is 7.05 Å². The molecule has 2 rings (SSSR count). The number of fused-ring (bicyclic) bond motifs is 1. The van der Waals surface area contributed by atoms with E-state index in [0.29, 0.717) is 17.2 Å². The van der Waals surface area contributed by atoms with Gasteiger partial charge in [-0.05, 0) is 17.5 Å². The molecule has 0 amide bonds. The first-order valence-electron chi connectivity index (χ1n) is 5.38. The van der Waals surface area contributed by atoms with Crippen molar-refractivity contribution in [2.45, 2.75) is 19.8 Å². The monoisotopic (exact) mass is 217 g/mol. The molecule has 1 aromatic carbocycles. The Morgan fingerprint density at radius 3 is 2.69 bits per heavy atom. The Balaban J connectivity index is 2.80. The van der Waals surface area contributed by atoms with Crippen molar-refractivity contribution in [3.05, 3.63) is 40.2 Å². The van der Waals surface area contributed by atoms with E-state index in [9.17, 15) is 4.79 Å². The maximum atomic E-state index is 11.6. The SMILES string of the molecule is CNc1cc2cccc(C(C)C)c2oc1=O. The molecule has 3 heteroatoms. The molecule has 0 radical (unpaired) electrons. The van der Waals surface area contributed by atoms with Crippen molar-refractivity contribution in [2.24, 2.45) is 0 Å². The zero-order valence-corrected chi connectivity index (χ0v) is 9.70. The van der Waals surface area contributed by atoms with Crippen LogP contribution in [0.5, 0.6) is 0 Å². The number of benzene rings is 1. The van der Waals surface area contributed by atoms with Crippen LogP contribution in [0, 0.1) is 0 Å². The van der Waals surface area contributed by atoms with Crippen LogP contribution in [0.1, 0.15) is 25.3 Å². The fraction of sp³-hybridized carbons (Fsp3) is 0.308. The molecule has 1 aromatic heterocycles. The smallest absolute Gasteiger partial charge is 0.359 e. The van der Waals surface area contributed by atoms with Crippen molar-refractivity contribution in [3.63, 3.8) is 0 Å². The Morgan fingerprint density at radius 2 is 2.06 bits per heavy atom. The summed E-state index contributed by atoms with van der Waals surface area (Å²) >= 11 is 0. The highest BCUT2D eigenvalue weighted by atomic mass is 16.4. The topological polar surface area (TPSA) is 42.2 Å². The second kappa shape index (κ2) is 4.00. The minimum atomic E-state index is -0.317. The third-order valence-corrected chi connectivity index (χ3v) is 2.68. The van der Waals surface area contributed by atoms with Crippen LogP contribution in [0.4, 0.5) is 5.69 Å². The lowest BCUT2D eigenvalue weighted by Gasteiger charge is -2.08. The maximum Gasteiger partial charge on any atom is 0.359 e. The van der Waals surface area contributed by atoms with Gasteiger partial charge in [-0.1, -0.05) is 32.0 Å². The van der Waals surface area contributed by atoms with E-state index in [1.807, 2.05) is 24.3 Å². The van der Waals surface area contributed by atoms with Gasteiger partial charge >= 0.3 is 5.63 Å². The molecule has 0 aliphatic heterocycles. The Hall–Kier alpha value is -1.77. The van der Waals surface area contributed by atoms with E-state index in [2.05, 4.69) is 19.2 Å². The molecule has 0 saturated carbocycles. The number of hydrogen-bond donors (Lipinski definition) is 1. The average Bonchev–Trinajstić information content (AvgIpc) is 2.27. The van der Waals surface area contributed by atoms with E-state index in [1.165, 1.54) is 0 Å². The van der Waals surface area contributed by atoms with Gasteiger partial charge in [0.15, 0.2) is 0 Å². The number of anilines is 1. The van der Waals surface area contributed by atoms with Gasteiger partial charge in [0.1, 0.15) is 11.3 Å². The highest BCUT2D eigenvalue weighted by Gasteiger charge is 2.09. The first-order valence-corrected chi connectivity index (χ1v) is 5.38. The molecule has 16 heavy (non-hydrogen) atoms. The van der Waals surface area contributed by atoms with Gasteiger partial charge in [-0.2, -0.15) is 0 Å². The van der Waals surface area contributed by atoms with Crippen molar-refractivity contribution in [1.29, 1.82) is 0 Å². The van der Waals surface area contributed by atoms with Gasteiger partial charge < -0.3 is 9.73 Å². The normalized spacial score (nSPS) is 11.0. The molecule has 84 valence electrons. The van der Waals surface area contributed by atoms with Gasteiger partial charge in [-0.15, -0.1) is 0 Å². The Bertz CT molecular complexity index is 570. The van der Waals surface area contributed by atoms with Gasteiger partial charge in [0.2, 0.25) is 0 Å². The lowest BCUT2D eigenvalue weighted by Crippen LogP contribution is -2.07. The fourth-order valence-electron chi connectivity index (χ4n) is 1.80. The van der Waals surface area contributed by atoms with Gasteiger partial charge in [-0.3, -0.25) is 0 Å². The van der Waals surface area contributed by atoms with Crippen molar-refractivity contribution in [1.82, 2.24) is 0 Å². The maximum absolute atomic E-state index is 11.6. The Kier molecular flexibility index (Phi) is 2.69. The zero-order valence-electron chi connectivity index (χ0n) is 9.70. The number of hydrogen-bond acceptors (Lipinski definition) is 3. The van der Waals surface area contributed by atoms with E-state index in [0.717, 1.165) is 10.9 Å². The zero-order chi connectivity index (χ0) is 11.7. The second-order valence-electron chi connectivity index (χ2n) is 4.12. The molecule has 3 nitrogen and oxygen atoms in total. The molecule has 1 N–H and O–H groups in total. The highest BCUT2D eigenvalue weighted by Crippen LogP contribution is 2.25. The molecule has 0 aliphatic rings. The van der Waals surface area contributed by atoms with Gasteiger partial charge in [-0.25, -0.2) is 4.79 Å². The fourth-order valence-corrected chi connectivity index (χ4v) is 1.80. The van der Waals surface area contributed by atoms with Crippen LogP contribution in [0.2, 0.25) is 0 Å². The summed E-state index contributed by atoms with van der Waals surface area (Å²) in [7, 11) is 1.71. The Labute approximate surface area is 94.1 Å². The van der Waals surface area contributed by atoms with Gasteiger partial charge in [0, 0.05) is 12.4 Å². The lowest BCUT2D eigenvalue weighted by molar-refractivity contribution is 0.557. The summed E-state index contributed by atoms with van der Waals surface area (Å²) in [5, 5.41) is 3.78. The van der Waals surface area contributed by atoms with Gasteiger partial charge in [0.05, 0.1) is 0 Å². The third-order valence-electron chi connectivity index (χ3n) is 2.68. The van der Waals surface area contributed by atoms with Crippen molar-refractivity contribution in [3.8, 4) is 0 Å². The summed E-state index contributed by atoms with van der Waals surface area (Å²) in [5.74, 6) is 0.340. The first kappa shape index (κ1) is 10.7. The molecule has 0 bridgehead atoms. The summed E-state index contributed by atoms with van der Waals surface area (Å²) in [6, 6.07) is 7.75. The molecular formula is C13H15NO2. The first-order chi connectivity index (χ1) is 7.63. The molecule has 0 unspecified atom stereocenters. The van der Waals surface area contributed by atoms with Crippen LogP contribution in [0.25, 0.3) is 11.0 Å². The number of para-hydroxylation sites is 1. The molecule has 0 saturated heterocycles. The quantitative estimate of drug-likeness (QED) is 0.786. The Morgan fingerprint density at radius 1 is 1.31 bits per heavy atom. The number of nitrogens with one attached hydrogen (secondary N) is 1. The van der Waals surface area contributed by atoms with Crippen LogP contribution in [0.15, 0.2) is 33.5 Å². The molecule has 0 aliphatic carbocycles. The van der Waals surface area contributed by atoms with Gasteiger partial charge in [0.25, 0.3) is 0 Å². The van der Waals surface area contributed by atoms with Crippen molar-refractivity contribution >= 4 is 16.7 Å². The van der Waals surface area contributed by atoms with Crippen molar-refractivity contribution < 1.29 is 4.42 Å². The van der Waals surface area contributed by atoms with Crippen LogP contribution in [-0.4, -0.2) is 7.05 Å². The summed E-state index contributed by atoms with van der Waals surface area (Å²) in [6.07, 6.45) is 0. The third kappa shape index (κ3) is 1.69. The largest absolute Gasteiger partial charge is 0.421 e. The predicted octanol–water partition coefficient (Wildman–Crippen LogP) is 2.96. The van der Waals surface area contributed by atoms with Crippen LogP contribution in [-0.2, 0) is 0 Å². The molecule has 0 fully saturated rings. The summed E-state index contributed by atoms with van der Waals surface area (Å²) < 4.78 is 5.36. The van der Waals surface area contributed by atoms with Crippen LogP contribution >= 0.6 is 0 Å². The summed E-state index contributed by atoms with van der Waals surface area (Å²) in [5.41, 5.74) is 1.94. The van der Waals surface area contributed by atoms with E-state index in [-0.39, 0.29) is 5.63 Å². The van der Waals surface area contributed by atoms with E-state index < -0.39 is 0 Å². The second-order valence-corrected chi connectivity index (χ2v) is 4.12. The minimum absolute atomic E-state index is 0.317. The minimum Gasteiger partial charge on any atom is -0.421 e. The molecule has 2 aromatic rings. The number of rotatable bonds is 2. The molecular weight excluding hydrogens is 202 g/mol. The van der Waals surface area contributed by atoms with E-state index in [4.69, 9.17) is 4.42 Å². The van der Waals surface area contributed by atoms with E-state index >= 15 is 0 Å². The molecule has 0 spiro atoms. The summed E-state index contributed by atoms with van der Waals surface area (Å²) in [6.45, 7) is 4.17. The van der Waals surface area contributed by atoms with Crippen LogP contribution in [0.3, 0.4) is 0 Å². The summed E-state index contributed by atoms with van der Waals surface area (Å²) in [4.78, 5) is 11.6. The molecule has 1 heterocycles. The van der Waals surface area contributed by atoms with Crippen LogP contribution < -0.4 is 10.9 Å². The standard InChI is InChI=1S/C13H15NO2/c1-8(2)10-6-4-5-9-7-11(14-3)13(15)16-12(9)10/h4-8,14H,1-3H3. The highest BCUT2D eigenvalue weighted by molar-refractivity contribution is 5.82. The average molecular weight is 217 g/mol. The van der Waals surface area contributed by atoms with Crippen molar-refractivity contribution in [2.75, 3.05) is 12.4 Å².